The van der Waals surface area contributed by atoms with Gasteiger partial charge in [-0.2, -0.15) is 0 Å². The zero-order valence-electron chi connectivity index (χ0n) is 16.8. The van der Waals surface area contributed by atoms with Crippen molar-refractivity contribution in [3.8, 4) is 5.75 Å². The molecule has 0 spiro atoms. The van der Waals surface area contributed by atoms with Gasteiger partial charge in [0.25, 0.3) is 0 Å². The van der Waals surface area contributed by atoms with Gasteiger partial charge in [0, 0.05) is 25.4 Å². The number of hydrogen-bond acceptors (Lipinski definition) is 3. The van der Waals surface area contributed by atoms with Gasteiger partial charge in [0.05, 0.1) is 6.61 Å². The van der Waals surface area contributed by atoms with Crippen molar-refractivity contribution in [3.63, 3.8) is 0 Å². The average molecular weight is 375 g/mol. The third-order valence-electron chi connectivity index (χ3n) is 5.12. The Kier molecular flexibility index (Phi) is 9.16. The van der Waals surface area contributed by atoms with Gasteiger partial charge in [0.2, 0.25) is 11.8 Å². The molecule has 1 fully saturated rings. The molecule has 0 aromatic heterocycles. The van der Waals surface area contributed by atoms with Gasteiger partial charge in [0.15, 0.2) is 0 Å². The highest BCUT2D eigenvalue weighted by molar-refractivity contribution is 5.79. The fourth-order valence-corrected chi connectivity index (χ4v) is 3.42. The predicted octanol–water partition coefficient (Wildman–Crippen LogP) is 3.67. The number of carbonyl (C=O) groups is 2. The van der Waals surface area contributed by atoms with Crippen LogP contribution < -0.4 is 15.4 Å². The van der Waals surface area contributed by atoms with E-state index < -0.39 is 0 Å². The van der Waals surface area contributed by atoms with E-state index in [2.05, 4.69) is 22.8 Å². The molecule has 0 aliphatic heterocycles. The van der Waals surface area contributed by atoms with Crippen molar-refractivity contribution in [1.29, 1.82) is 0 Å². The van der Waals surface area contributed by atoms with Crippen LogP contribution in [-0.4, -0.2) is 31.5 Å². The van der Waals surface area contributed by atoms with E-state index >= 15 is 0 Å². The fraction of sp³-hybridized carbons (Fsp3) is 0.636. The molecule has 27 heavy (non-hydrogen) atoms. The molecule has 0 bridgehead atoms. The lowest BCUT2D eigenvalue weighted by atomic mass is 9.89. The zero-order valence-corrected chi connectivity index (χ0v) is 16.8. The van der Waals surface area contributed by atoms with Gasteiger partial charge in [-0.15, -0.1) is 0 Å². The predicted molar refractivity (Wildman–Crippen MR) is 108 cm³/mol. The summed E-state index contributed by atoms with van der Waals surface area (Å²) in [5.41, 5.74) is 2.32. The Balaban J connectivity index is 1.48. The molecule has 2 N–H and O–H groups in total. The van der Waals surface area contributed by atoms with Crippen LogP contribution in [0.1, 0.15) is 62.5 Å². The first-order chi connectivity index (χ1) is 13.1. The Hall–Kier alpha value is -2.04. The van der Waals surface area contributed by atoms with E-state index in [9.17, 15) is 9.59 Å². The molecule has 0 heterocycles. The summed E-state index contributed by atoms with van der Waals surface area (Å²) in [7, 11) is 0. The topological polar surface area (TPSA) is 67.4 Å². The van der Waals surface area contributed by atoms with Crippen LogP contribution in [0.5, 0.6) is 5.75 Å². The number of aryl methyl sites for hydroxylation is 2. The number of rotatable bonds is 10. The van der Waals surface area contributed by atoms with Crippen molar-refractivity contribution >= 4 is 11.8 Å². The van der Waals surface area contributed by atoms with Crippen molar-refractivity contribution in [2.45, 2.75) is 65.2 Å². The van der Waals surface area contributed by atoms with E-state index in [-0.39, 0.29) is 17.7 Å². The van der Waals surface area contributed by atoms with Gasteiger partial charge in [-0.3, -0.25) is 9.59 Å². The Morgan fingerprint density at radius 1 is 1.04 bits per heavy atom. The molecule has 1 aromatic carbocycles. The number of unbranched alkanes of at least 4 members (excludes halogenated alkanes) is 1. The standard InChI is InChI=1S/C22H34N2O3/c1-17-11-12-18(2)20(16-17)27-15-7-6-10-21(25)23-13-14-24-22(26)19-8-4-3-5-9-19/h11-12,16,19H,3-10,13-15H2,1-2H3,(H,23,25)(H,24,26). The van der Waals surface area contributed by atoms with Crippen LogP contribution in [0.25, 0.3) is 0 Å². The minimum atomic E-state index is 0.0358. The summed E-state index contributed by atoms with van der Waals surface area (Å²) in [5, 5.41) is 5.81. The van der Waals surface area contributed by atoms with Crippen molar-refractivity contribution < 1.29 is 14.3 Å². The van der Waals surface area contributed by atoms with Gasteiger partial charge < -0.3 is 15.4 Å². The molecule has 1 saturated carbocycles. The lowest BCUT2D eigenvalue weighted by molar-refractivity contribution is -0.126. The summed E-state index contributed by atoms with van der Waals surface area (Å²) in [5.74, 6) is 1.28. The minimum Gasteiger partial charge on any atom is -0.493 e. The number of ether oxygens (including phenoxy) is 1. The second kappa shape index (κ2) is 11.6. The Morgan fingerprint density at radius 3 is 2.56 bits per heavy atom. The maximum atomic E-state index is 12.0. The van der Waals surface area contributed by atoms with E-state index in [1.54, 1.807) is 0 Å². The van der Waals surface area contributed by atoms with Crippen molar-refractivity contribution in [3.05, 3.63) is 29.3 Å². The van der Waals surface area contributed by atoms with Crippen LogP contribution >= 0.6 is 0 Å². The van der Waals surface area contributed by atoms with E-state index in [0.717, 1.165) is 49.8 Å². The van der Waals surface area contributed by atoms with E-state index in [4.69, 9.17) is 4.74 Å². The molecule has 0 unspecified atom stereocenters. The molecule has 5 heteroatoms. The lowest BCUT2D eigenvalue weighted by Gasteiger charge is -2.20. The summed E-state index contributed by atoms with van der Waals surface area (Å²) in [6.45, 7) is 5.71. The van der Waals surface area contributed by atoms with Crippen molar-refractivity contribution in [2.24, 2.45) is 5.92 Å². The molecular weight excluding hydrogens is 340 g/mol. The summed E-state index contributed by atoms with van der Waals surface area (Å²) < 4.78 is 5.80. The van der Waals surface area contributed by atoms with Crippen molar-refractivity contribution in [2.75, 3.05) is 19.7 Å². The van der Waals surface area contributed by atoms with Gasteiger partial charge in [-0.1, -0.05) is 31.4 Å². The molecule has 0 saturated heterocycles. The second-order valence-corrected chi connectivity index (χ2v) is 7.55. The first-order valence-electron chi connectivity index (χ1n) is 10.3. The monoisotopic (exact) mass is 374 g/mol. The minimum absolute atomic E-state index is 0.0358. The highest BCUT2D eigenvalue weighted by atomic mass is 16.5. The van der Waals surface area contributed by atoms with Gasteiger partial charge in [-0.05, 0) is 56.7 Å². The number of benzene rings is 1. The third kappa shape index (κ3) is 8.02. The van der Waals surface area contributed by atoms with Crippen LogP contribution in [-0.2, 0) is 9.59 Å². The highest BCUT2D eigenvalue weighted by Gasteiger charge is 2.20. The molecule has 2 rings (SSSR count). The number of carbonyl (C=O) groups excluding carboxylic acids is 2. The highest BCUT2D eigenvalue weighted by Crippen LogP contribution is 2.23. The van der Waals surface area contributed by atoms with Crippen LogP contribution in [0.3, 0.4) is 0 Å². The lowest BCUT2D eigenvalue weighted by Crippen LogP contribution is -2.38. The maximum Gasteiger partial charge on any atom is 0.223 e. The molecule has 0 radical (unpaired) electrons. The Morgan fingerprint density at radius 2 is 1.78 bits per heavy atom. The fourth-order valence-electron chi connectivity index (χ4n) is 3.42. The smallest absolute Gasteiger partial charge is 0.223 e. The Labute approximate surface area is 163 Å². The van der Waals surface area contributed by atoms with Gasteiger partial charge in [0.1, 0.15) is 5.75 Å². The second-order valence-electron chi connectivity index (χ2n) is 7.55. The molecule has 0 atom stereocenters. The quantitative estimate of drug-likeness (QED) is 0.614. The zero-order chi connectivity index (χ0) is 19.5. The van der Waals surface area contributed by atoms with Gasteiger partial charge in [-0.25, -0.2) is 0 Å². The van der Waals surface area contributed by atoms with Crippen LogP contribution in [0.15, 0.2) is 18.2 Å². The molecule has 1 aromatic rings. The van der Waals surface area contributed by atoms with E-state index in [0.29, 0.717) is 26.1 Å². The summed E-state index contributed by atoms with van der Waals surface area (Å²) in [6.07, 6.45) is 7.70. The summed E-state index contributed by atoms with van der Waals surface area (Å²) >= 11 is 0. The molecular formula is C22H34N2O3. The number of hydrogen-bond donors (Lipinski definition) is 2. The molecule has 2 amide bonds. The number of nitrogens with one attached hydrogen (secondary N) is 2. The van der Waals surface area contributed by atoms with Gasteiger partial charge >= 0.3 is 0 Å². The van der Waals surface area contributed by atoms with Crippen LogP contribution in [0.4, 0.5) is 0 Å². The Bertz CT molecular complexity index is 610. The first-order valence-corrected chi connectivity index (χ1v) is 10.3. The molecule has 5 nitrogen and oxygen atoms in total. The van der Waals surface area contributed by atoms with E-state index in [1.807, 2.05) is 19.9 Å². The SMILES string of the molecule is Cc1ccc(C)c(OCCCCC(=O)NCCNC(=O)C2CCCCC2)c1. The maximum absolute atomic E-state index is 12.0. The molecule has 150 valence electrons. The largest absolute Gasteiger partial charge is 0.493 e. The number of amides is 2. The van der Waals surface area contributed by atoms with Crippen molar-refractivity contribution in [1.82, 2.24) is 10.6 Å². The van der Waals surface area contributed by atoms with E-state index in [1.165, 1.54) is 12.0 Å². The van der Waals surface area contributed by atoms with Crippen LogP contribution in [0, 0.1) is 19.8 Å². The molecule has 1 aliphatic rings. The summed E-state index contributed by atoms with van der Waals surface area (Å²) in [6, 6.07) is 6.18. The molecule has 1 aliphatic carbocycles. The first kappa shape index (κ1) is 21.3. The third-order valence-corrected chi connectivity index (χ3v) is 5.12. The average Bonchev–Trinajstić information content (AvgIpc) is 2.68. The van der Waals surface area contributed by atoms with Crippen LogP contribution in [0.2, 0.25) is 0 Å². The normalized spacial score (nSPS) is 14.6. The summed E-state index contributed by atoms with van der Waals surface area (Å²) in [4.78, 5) is 23.9.